The third-order valence-corrected chi connectivity index (χ3v) is 9.29. The van der Waals surface area contributed by atoms with Gasteiger partial charge in [-0.1, -0.05) is 108 Å². The zero-order valence-corrected chi connectivity index (χ0v) is 37.7. The Labute approximate surface area is 355 Å². The van der Waals surface area contributed by atoms with Gasteiger partial charge in [0.05, 0.1) is 0 Å². The minimum absolute atomic E-state index is 0. The molecule has 0 aliphatic rings. The van der Waals surface area contributed by atoms with Gasteiger partial charge in [0.1, 0.15) is 0 Å². The molecule has 0 spiro atoms. The van der Waals surface area contributed by atoms with Crippen molar-refractivity contribution in [2.45, 2.75) is 59.3 Å². The van der Waals surface area contributed by atoms with Crippen LogP contribution in [0, 0.1) is 27.7 Å². The van der Waals surface area contributed by atoms with Gasteiger partial charge in [0.2, 0.25) is 0 Å². The fourth-order valence-corrected chi connectivity index (χ4v) is 6.08. The molecule has 0 bridgehead atoms. The topological polar surface area (TPSA) is 27.0 Å². The summed E-state index contributed by atoms with van der Waals surface area (Å²) in [7, 11) is 0. The molecule has 0 radical (unpaired) electrons. The Morgan fingerprint density at radius 3 is 1.41 bits per heavy atom. The minimum atomic E-state index is 0. The number of rotatable bonds is 2. The number of nitrogens with zero attached hydrogens (tertiary/aromatic N) is 2. The number of fused-ring (bicyclic) bond motifs is 2. The molecule has 0 amide bonds. The zero-order chi connectivity index (χ0) is 39.6. The molecule has 8 aromatic rings. The minimum Gasteiger partial charge on any atom is -0.656 e. The molecule has 0 saturated heterocycles. The number of pyridine rings is 1. The van der Waals surface area contributed by atoms with Gasteiger partial charge < -0.3 is 4.98 Å². The van der Waals surface area contributed by atoms with E-state index in [-0.39, 0.29) is 36.7 Å². The van der Waals surface area contributed by atoms with Crippen LogP contribution in [-0.2, 0) is 36.7 Å². The Hall–Kier alpha value is -5.25. The van der Waals surface area contributed by atoms with Crippen molar-refractivity contribution in [3.63, 3.8) is 0 Å². The smallest absolute Gasteiger partial charge is 0.656 e. The van der Waals surface area contributed by atoms with Crippen molar-refractivity contribution in [1.82, 2.24) is 9.97 Å². The summed E-state index contributed by atoms with van der Waals surface area (Å²) in [6, 6.07) is 54.1. The number of aryl methyl sites for hydroxylation is 1. The molecule has 0 saturated carbocycles. The Balaban J connectivity index is 0.000000254. The van der Waals surface area contributed by atoms with Crippen molar-refractivity contribution in [3.8, 4) is 22.6 Å². The Kier molecular flexibility index (Phi) is 15.2. The van der Waals surface area contributed by atoms with E-state index in [0.717, 1.165) is 33.8 Å². The molecule has 2 aromatic heterocycles. The Morgan fingerprint density at radius 1 is 0.464 bits per heavy atom. The SMILES string of the molecule is Cc1ccnc(-c2ccc(-c3c4ccc(C(C)(C)C)cc4cc4ccc(C(C)(C)C)cc34)[n-]2)c1.[CH2-]c1ccccc1.[CH2-]c1ccccc1.[CH2-]c1ccccc1.[Hf+4]. The molecule has 56 heavy (non-hydrogen) atoms. The van der Waals surface area contributed by atoms with E-state index in [1.165, 1.54) is 43.8 Å². The van der Waals surface area contributed by atoms with Gasteiger partial charge in [-0.15, -0.1) is 47.8 Å². The molecule has 0 fully saturated rings. The third-order valence-electron chi connectivity index (χ3n) is 9.29. The molecule has 0 aliphatic carbocycles. The summed E-state index contributed by atoms with van der Waals surface area (Å²) in [5.41, 5.74) is 11.3. The average molecular weight is 898 g/mol. The number of hydrogen-bond acceptors (Lipinski definition) is 1. The molecule has 0 unspecified atom stereocenters. The van der Waals surface area contributed by atoms with E-state index in [9.17, 15) is 0 Å². The van der Waals surface area contributed by atoms with E-state index in [1.807, 2.05) is 103 Å². The summed E-state index contributed by atoms with van der Waals surface area (Å²) >= 11 is 0. The maximum atomic E-state index is 5.09. The first-order valence-corrected chi connectivity index (χ1v) is 18.9. The molecule has 0 atom stereocenters. The van der Waals surface area contributed by atoms with E-state index in [4.69, 9.17) is 4.98 Å². The monoisotopic (exact) mass is 898 g/mol. The van der Waals surface area contributed by atoms with Crippen LogP contribution < -0.4 is 4.98 Å². The zero-order valence-electron chi connectivity index (χ0n) is 34.1. The summed E-state index contributed by atoms with van der Waals surface area (Å²) < 4.78 is 0. The summed E-state index contributed by atoms with van der Waals surface area (Å²) in [5, 5.41) is 5.01. The van der Waals surface area contributed by atoms with Gasteiger partial charge in [-0.25, -0.2) is 0 Å². The number of aromatic nitrogens is 2. The van der Waals surface area contributed by atoms with E-state index in [1.54, 1.807) is 0 Å². The van der Waals surface area contributed by atoms with Crippen LogP contribution in [0.5, 0.6) is 0 Å². The molecule has 2 nitrogen and oxygen atoms in total. The maximum Gasteiger partial charge on any atom is 4.00 e. The second kappa shape index (κ2) is 19.6. The molecule has 2 heterocycles. The van der Waals surface area contributed by atoms with Gasteiger partial charge in [-0.05, 0) is 79.8 Å². The second-order valence-electron chi connectivity index (χ2n) is 16.0. The predicted molar refractivity (Wildman–Crippen MR) is 238 cm³/mol. The summed E-state index contributed by atoms with van der Waals surface area (Å²) in [6.45, 7) is 26.9. The van der Waals surface area contributed by atoms with Gasteiger partial charge >= 0.3 is 25.8 Å². The largest absolute Gasteiger partial charge is 4.00 e. The number of hydrogen-bond donors (Lipinski definition) is 0. The molecule has 0 aliphatic heterocycles. The maximum absolute atomic E-state index is 5.09. The molecule has 0 N–H and O–H groups in total. The van der Waals surface area contributed by atoms with Crippen molar-refractivity contribution < 1.29 is 25.8 Å². The van der Waals surface area contributed by atoms with Crippen LogP contribution in [0.2, 0.25) is 0 Å². The van der Waals surface area contributed by atoms with Crippen molar-refractivity contribution >= 4 is 21.5 Å². The van der Waals surface area contributed by atoms with Gasteiger partial charge in [0.25, 0.3) is 0 Å². The summed E-state index contributed by atoms with van der Waals surface area (Å²) in [6.07, 6.45) is 1.86. The quantitative estimate of drug-likeness (QED) is 0.0982. The first kappa shape index (κ1) is 43.5. The fraction of sp³-hybridized carbons (Fsp3) is 0.170. The molecular weight excluding hydrogens is 843 g/mol. The predicted octanol–water partition coefficient (Wildman–Crippen LogP) is 14.2. The van der Waals surface area contributed by atoms with Crippen molar-refractivity contribution in [3.05, 3.63) is 218 Å². The molecule has 6 aromatic carbocycles. The second-order valence-corrected chi connectivity index (χ2v) is 16.0. The Morgan fingerprint density at radius 2 is 0.946 bits per heavy atom. The van der Waals surface area contributed by atoms with E-state index >= 15 is 0 Å². The van der Waals surface area contributed by atoms with E-state index in [0.29, 0.717) is 0 Å². The molecular formula is C53H54HfN2. The van der Waals surface area contributed by atoms with E-state index in [2.05, 4.69) is 135 Å². The average Bonchev–Trinajstić information content (AvgIpc) is 3.64. The first-order valence-electron chi connectivity index (χ1n) is 18.9. The fourth-order valence-electron chi connectivity index (χ4n) is 6.08. The van der Waals surface area contributed by atoms with Crippen LogP contribution in [0.1, 0.15) is 74.9 Å². The molecule has 8 rings (SSSR count). The van der Waals surface area contributed by atoms with Crippen LogP contribution in [0.15, 0.2) is 164 Å². The van der Waals surface area contributed by atoms with Gasteiger partial charge in [0.15, 0.2) is 0 Å². The molecule has 3 heteroatoms. The number of benzene rings is 6. The summed E-state index contributed by atoms with van der Waals surface area (Å²) in [4.78, 5) is 9.66. The standard InChI is InChI=1S/C32H33N2.3C7H7.Hf/c1-20-14-15-33-29(16-20)27-12-13-28(34-27)30-25-11-10-23(31(2,3)4)18-22(25)17-21-8-9-24(19-26(21)30)32(5,6)7;3*1-7-5-3-2-4-6-7;/h8-19H,1-7H3;3*2-6H,1H2;/q4*-1;+4. The Bertz CT molecular complexity index is 2320. The van der Waals surface area contributed by atoms with Crippen LogP contribution in [0.3, 0.4) is 0 Å². The van der Waals surface area contributed by atoms with Crippen LogP contribution >= 0.6 is 0 Å². The third kappa shape index (κ3) is 12.1. The van der Waals surface area contributed by atoms with Crippen LogP contribution in [0.4, 0.5) is 0 Å². The van der Waals surface area contributed by atoms with Gasteiger partial charge in [0, 0.05) is 11.9 Å². The van der Waals surface area contributed by atoms with Crippen LogP contribution in [-0.4, -0.2) is 4.98 Å². The van der Waals surface area contributed by atoms with Crippen molar-refractivity contribution in [2.24, 2.45) is 0 Å². The normalized spacial score (nSPS) is 10.8. The van der Waals surface area contributed by atoms with Crippen LogP contribution in [0.25, 0.3) is 44.2 Å². The van der Waals surface area contributed by atoms with Gasteiger partial charge in [-0.3, -0.25) is 4.98 Å². The van der Waals surface area contributed by atoms with Crippen molar-refractivity contribution in [2.75, 3.05) is 0 Å². The first-order chi connectivity index (χ1) is 26.2. The summed E-state index contributed by atoms with van der Waals surface area (Å²) in [5.74, 6) is 0. The molecule has 280 valence electrons. The van der Waals surface area contributed by atoms with E-state index < -0.39 is 0 Å². The van der Waals surface area contributed by atoms with Crippen molar-refractivity contribution in [1.29, 1.82) is 0 Å². The van der Waals surface area contributed by atoms with Gasteiger partial charge in [-0.2, -0.15) is 73.9 Å².